The maximum Gasteiger partial charge on any atom is 0.291 e. The smallest absolute Gasteiger partial charge is 0.291 e. The van der Waals surface area contributed by atoms with E-state index < -0.39 is 0 Å². The molecule has 25 heavy (non-hydrogen) atoms. The number of hydrogen-bond acceptors (Lipinski definition) is 4. The van der Waals surface area contributed by atoms with Gasteiger partial charge in [-0.05, 0) is 64.1 Å². The van der Waals surface area contributed by atoms with E-state index in [0.29, 0.717) is 11.3 Å². The van der Waals surface area contributed by atoms with Crippen molar-refractivity contribution in [3.8, 4) is 0 Å². The number of carbonyl (C=O) groups excluding carboxylic acids is 2. The van der Waals surface area contributed by atoms with Crippen LogP contribution in [0.5, 0.6) is 0 Å². The van der Waals surface area contributed by atoms with Crippen LogP contribution in [0.15, 0.2) is 62.3 Å². The molecule has 0 saturated heterocycles. The van der Waals surface area contributed by atoms with Crippen LogP contribution in [0.2, 0.25) is 0 Å². The predicted molar refractivity (Wildman–Crippen MR) is 103 cm³/mol. The van der Waals surface area contributed by atoms with E-state index in [1.54, 1.807) is 44.4 Å². The summed E-state index contributed by atoms with van der Waals surface area (Å²) >= 11 is 4.54. The monoisotopic (exact) mass is 418 g/mol. The molecule has 1 aromatic heterocycles. The van der Waals surface area contributed by atoms with Gasteiger partial charge in [0.15, 0.2) is 5.76 Å². The molecule has 0 spiro atoms. The predicted octanol–water partition coefficient (Wildman–Crippen LogP) is 5.22. The fraction of sp³-hybridized carbons (Fsp3) is 0.111. The van der Waals surface area contributed by atoms with Crippen LogP contribution in [0.4, 0.5) is 10.5 Å². The van der Waals surface area contributed by atoms with Gasteiger partial charge in [0.05, 0.1) is 4.47 Å². The van der Waals surface area contributed by atoms with Crippen LogP contribution in [-0.4, -0.2) is 30.1 Å². The van der Waals surface area contributed by atoms with Gasteiger partial charge in [-0.3, -0.25) is 9.59 Å². The third-order valence-electron chi connectivity index (χ3n) is 3.40. The zero-order valence-electron chi connectivity index (χ0n) is 13.6. The molecule has 128 valence electrons. The fourth-order valence-electron chi connectivity index (χ4n) is 2.13. The van der Waals surface area contributed by atoms with Crippen LogP contribution in [0, 0.1) is 0 Å². The van der Waals surface area contributed by atoms with Crippen molar-refractivity contribution in [2.45, 2.75) is 4.90 Å². The van der Waals surface area contributed by atoms with Crippen LogP contribution in [0.1, 0.15) is 10.6 Å². The Balaban J connectivity index is 1.72. The van der Waals surface area contributed by atoms with Gasteiger partial charge in [0.2, 0.25) is 0 Å². The van der Waals surface area contributed by atoms with E-state index in [0.717, 1.165) is 26.5 Å². The van der Waals surface area contributed by atoms with Crippen molar-refractivity contribution in [3.05, 3.63) is 58.8 Å². The Morgan fingerprint density at radius 3 is 2.48 bits per heavy atom. The number of halogens is 1. The molecule has 0 atom stereocenters. The molecule has 5 nitrogen and oxygen atoms in total. The second-order valence-electron chi connectivity index (χ2n) is 5.51. The summed E-state index contributed by atoms with van der Waals surface area (Å²) in [6, 6.07) is 14.4. The van der Waals surface area contributed by atoms with Gasteiger partial charge in [0.1, 0.15) is 5.58 Å². The minimum Gasteiger partial charge on any atom is -0.450 e. The molecular weight excluding hydrogens is 404 g/mol. The summed E-state index contributed by atoms with van der Waals surface area (Å²) in [7, 11) is 3.41. The van der Waals surface area contributed by atoms with E-state index in [9.17, 15) is 9.59 Å². The standard InChI is InChI=1S/C18H15BrN2O3S/c1-21(2)18(23)25-13-8-6-12(7-9-13)20-17(22)15-10-11-4-3-5-14(19)16(11)24-15/h3-10H,1-2H3,(H,20,22). The first kappa shape index (κ1) is 17.6. The Morgan fingerprint density at radius 2 is 1.84 bits per heavy atom. The summed E-state index contributed by atoms with van der Waals surface area (Å²) in [5, 5.41) is 3.59. The molecule has 0 unspecified atom stereocenters. The lowest BCUT2D eigenvalue weighted by Gasteiger charge is -2.09. The Labute approximate surface area is 157 Å². The maximum absolute atomic E-state index is 12.4. The number of anilines is 1. The highest BCUT2D eigenvalue weighted by atomic mass is 79.9. The molecule has 0 bridgehead atoms. The second-order valence-corrected chi connectivity index (χ2v) is 7.39. The summed E-state index contributed by atoms with van der Waals surface area (Å²) in [5.74, 6) is -0.0870. The van der Waals surface area contributed by atoms with Gasteiger partial charge in [-0.1, -0.05) is 12.1 Å². The van der Waals surface area contributed by atoms with E-state index in [1.165, 1.54) is 4.90 Å². The molecule has 2 aromatic carbocycles. The van der Waals surface area contributed by atoms with Gasteiger partial charge in [0, 0.05) is 30.1 Å². The largest absolute Gasteiger partial charge is 0.450 e. The third kappa shape index (κ3) is 4.05. The quantitative estimate of drug-likeness (QED) is 0.592. The first-order valence-corrected chi connectivity index (χ1v) is 9.03. The highest BCUT2D eigenvalue weighted by molar-refractivity contribution is 9.10. The summed E-state index contributed by atoms with van der Waals surface area (Å²) in [6.07, 6.45) is 0. The van der Waals surface area contributed by atoms with E-state index in [4.69, 9.17) is 4.42 Å². The van der Waals surface area contributed by atoms with Crippen molar-refractivity contribution in [2.75, 3.05) is 19.4 Å². The molecule has 0 aliphatic heterocycles. The van der Waals surface area contributed by atoms with Gasteiger partial charge in [-0.15, -0.1) is 0 Å². The normalized spacial score (nSPS) is 10.7. The number of hydrogen-bond donors (Lipinski definition) is 1. The van der Waals surface area contributed by atoms with E-state index >= 15 is 0 Å². The van der Waals surface area contributed by atoms with Crippen molar-refractivity contribution >= 4 is 55.5 Å². The summed E-state index contributed by atoms with van der Waals surface area (Å²) in [4.78, 5) is 26.4. The van der Waals surface area contributed by atoms with E-state index in [2.05, 4.69) is 21.2 Å². The van der Waals surface area contributed by atoms with Gasteiger partial charge < -0.3 is 14.6 Å². The molecule has 1 heterocycles. The number of para-hydroxylation sites is 1. The Hall–Kier alpha value is -2.25. The highest BCUT2D eigenvalue weighted by Crippen LogP contribution is 2.28. The molecule has 7 heteroatoms. The number of amides is 2. The lowest BCUT2D eigenvalue weighted by molar-refractivity contribution is 0.0998. The van der Waals surface area contributed by atoms with Gasteiger partial charge in [-0.25, -0.2) is 0 Å². The summed E-state index contributed by atoms with van der Waals surface area (Å²) in [5.41, 5.74) is 1.27. The van der Waals surface area contributed by atoms with Crippen molar-refractivity contribution in [2.24, 2.45) is 0 Å². The fourth-order valence-corrected chi connectivity index (χ4v) is 3.25. The molecule has 0 radical (unpaired) electrons. The van der Waals surface area contributed by atoms with Crippen LogP contribution in [0.25, 0.3) is 11.0 Å². The average molecular weight is 419 g/mol. The van der Waals surface area contributed by atoms with Crippen LogP contribution in [-0.2, 0) is 0 Å². The van der Waals surface area contributed by atoms with E-state index in [-0.39, 0.29) is 16.9 Å². The first-order valence-electron chi connectivity index (χ1n) is 7.42. The van der Waals surface area contributed by atoms with Crippen LogP contribution in [0.3, 0.4) is 0 Å². The zero-order chi connectivity index (χ0) is 18.0. The molecule has 0 aliphatic rings. The highest BCUT2D eigenvalue weighted by Gasteiger charge is 2.14. The lowest BCUT2D eigenvalue weighted by Crippen LogP contribution is -2.16. The second kappa shape index (κ2) is 7.33. The Morgan fingerprint density at radius 1 is 1.12 bits per heavy atom. The Bertz CT molecular complexity index is 935. The van der Waals surface area contributed by atoms with Crippen molar-refractivity contribution in [1.29, 1.82) is 0 Å². The molecule has 0 aliphatic carbocycles. The average Bonchev–Trinajstić information content (AvgIpc) is 3.02. The maximum atomic E-state index is 12.4. The number of nitrogens with zero attached hydrogens (tertiary/aromatic N) is 1. The SMILES string of the molecule is CN(C)C(=O)Sc1ccc(NC(=O)c2cc3cccc(Br)c3o2)cc1. The Kier molecular flexibility index (Phi) is 5.15. The number of carbonyl (C=O) groups is 2. The first-order chi connectivity index (χ1) is 11.9. The van der Waals surface area contributed by atoms with Gasteiger partial charge in [-0.2, -0.15) is 0 Å². The summed E-state index contributed by atoms with van der Waals surface area (Å²) < 4.78 is 6.42. The number of benzene rings is 2. The van der Waals surface area contributed by atoms with E-state index in [1.807, 2.05) is 18.2 Å². The minimum atomic E-state index is -0.326. The van der Waals surface area contributed by atoms with Gasteiger partial charge in [0.25, 0.3) is 11.1 Å². The summed E-state index contributed by atoms with van der Waals surface area (Å²) in [6.45, 7) is 0. The lowest BCUT2D eigenvalue weighted by atomic mass is 10.2. The zero-order valence-corrected chi connectivity index (χ0v) is 16.0. The third-order valence-corrected chi connectivity index (χ3v) is 5.07. The molecule has 2 amide bonds. The molecule has 0 saturated carbocycles. The van der Waals surface area contributed by atoms with Crippen molar-refractivity contribution in [1.82, 2.24) is 4.90 Å². The molecule has 1 N–H and O–H groups in total. The number of furan rings is 1. The topological polar surface area (TPSA) is 62.6 Å². The molecule has 3 rings (SSSR count). The van der Waals surface area contributed by atoms with Crippen LogP contribution >= 0.6 is 27.7 Å². The molecule has 3 aromatic rings. The number of nitrogens with one attached hydrogen (secondary N) is 1. The number of thioether (sulfide) groups is 1. The van der Waals surface area contributed by atoms with Crippen molar-refractivity contribution in [3.63, 3.8) is 0 Å². The molecular formula is C18H15BrN2O3S. The minimum absolute atomic E-state index is 0.0513. The number of fused-ring (bicyclic) bond motifs is 1. The van der Waals surface area contributed by atoms with Gasteiger partial charge >= 0.3 is 0 Å². The van der Waals surface area contributed by atoms with Crippen molar-refractivity contribution < 1.29 is 14.0 Å². The number of rotatable bonds is 3. The molecule has 0 fully saturated rings. The van der Waals surface area contributed by atoms with Crippen LogP contribution < -0.4 is 5.32 Å².